The molecule has 0 unspecified atom stereocenters. The van der Waals surface area contributed by atoms with E-state index >= 15 is 0 Å². The predicted molar refractivity (Wildman–Crippen MR) is 98.1 cm³/mol. The maximum Gasteiger partial charge on any atom is 0.157 e. The Bertz CT molecular complexity index is 921. The molecule has 5 heteroatoms. The molecule has 0 radical (unpaired) electrons. The van der Waals surface area contributed by atoms with Crippen LogP contribution in [0.5, 0.6) is 28.7 Å². The lowest BCUT2D eigenvalue weighted by molar-refractivity contribution is 0.401. The van der Waals surface area contributed by atoms with Gasteiger partial charge in [-0.05, 0) is 66.4 Å². The summed E-state index contributed by atoms with van der Waals surface area (Å²) in [6.07, 6.45) is 0. The van der Waals surface area contributed by atoms with Crippen LogP contribution >= 0.6 is 0 Å². The molecule has 3 aromatic carbocycles. The van der Waals surface area contributed by atoms with Gasteiger partial charge in [-0.3, -0.25) is 0 Å². The molecule has 0 bridgehead atoms. The minimum absolute atomic E-state index is 0.0661. The van der Waals surface area contributed by atoms with E-state index in [1.54, 1.807) is 38.1 Å². The third kappa shape index (κ3) is 2.99. The van der Waals surface area contributed by atoms with Crippen LogP contribution in [-0.4, -0.2) is 25.5 Å². The largest absolute Gasteiger partial charge is 0.508 e. The second kappa shape index (κ2) is 6.52. The van der Waals surface area contributed by atoms with Gasteiger partial charge in [0.15, 0.2) is 23.0 Å². The van der Waals surface area contributed by atoms with E-state index in [9.17, 15) is 25.5 Å². The van der Waals surface area contributed by atoms with Crippen molar-refractivity contribution < 1.29 is 25.5 Å². The van der Waals surface area contributed by atoms with E-state index < -0.39 is 5.92 Å². The molecule has 0 atom stereocenters. The van der Waals surface area contributed by atoms with Crippen LogP contribution in [0.3, 0.4) is 0 Å². The highest BCUT2D eigenvalue weighted by Gasteiger charge is 2.25. The van der Waals surface area contributed by atoms with Gasteiger partial charge in [0.1, 0.15) is 5.75 Å². The Morgan fingerprint density at radius 1 is 0.538 bits per heavy atom. The second-order valence-corrected chi connectivity index (χ2v) is 6.39. The quantitative estimate of drug-likeness (QED) is 0.362. The summed E-state index contributed by atoms with van der Waals surface area (Å²) in [6.45, 7) is 3.58. The lowest BCUT2D eigenvalue weighted by Gasteiger charge is -2.24. The lowest BCUT2D eigenvalue weighted by atomic mass is 9.80. The van der Waals surface area contributed by atoms with Gasteiger partial charge in [-0.25, -0.2) is 0 Å². The highest BCUT2D eigenvalue weighted by atomic mass is 16.3. The number of phenols is 5. The van der Waals surface area contributed by atoms with Crippen molar-refractivity contribution in [3.8, 4) is 28.7 Å². The third-order valence-corrected chi connectivity index (χ3v) is 4.60. The van der Waals surface area contributed by atoms with Gasteiger partial charge in [-0.1, -0.05) is 18.2 Å². The number of hydrogen-bond acceptors (Lipinski definition) is 5. The first kappa shape index (κ1) is 17.5. The zero-order chi connectivity index (χ0) is 19.0. The Morgan fingerprint density at radius 3 is 1.42 bits per heavy atom. The van der Waals surface area contributed by atoms with Gasteiger partial charge in [0.2, 0.25) is 0 Å². The van der Waals surface area contributed by atoms with Gasteiger partial charge in [0, 0.05) is 11.5 Å². The molecular weight excluding hydrogens is 332 g/mol. The van der Waals surface area contributed by atoms with Crippen molar-refractivity contribution in [1.29, 1.82) is 0 Å². The summed E-state index contributed by atoms with van der Waals surface area (Å²) in [7, 11) is 0. The molecule has 0 saturated carbocycles. The highest BCUT2D eigenvalue weighted by Crippen LogP contribution is 2.44. The van der Waals surface area contributed by atoms with Crippen LogP contribution in [0.4, 0.5) is 0 Å². The summed E-state index contributed by atoms with van der Waals surface area (Å²) >= 11 is 0. The molecule has 0 amide bonds. The first-order chi connectivity index (χ1) is 12.3. The van der Waals surface area contributed by atoms with Crippen molar-refractivity contribution in [1.82, 2.24) is 0 Å². The SMILES string of the molecule is Cc1cc(O)c(O)cc1C(c1cc(O)c(O)cc1C)c1ccccc1O. The molecule has 0 spiro atoms. The van der Waals surface area contributed by atoms with E-state index in [4.69, 9.17) is 0 Å². The molecule has 134 valence electrons. The first-order valence-electron chi connectivity index (χ1n) is 8.12. The van der Waals surface area contributed by atoms with E-state index in [2.05, 4.69) is 0 Å². The van der Waals surface area contributed by atoms with E-state index in [0.717, 1.165) is 0 Å². The van der Waals surface area contributed by atoms with Gasteiger partial charge in [-0.2, -0.15) is 0 Å². The topological polar surface area (TPSA) is 101 Å². The van der Waals surface area contributed by atoms with Crippen molar-refractivity contribution in [3.05, 3.63) is 76.3 Å². The first-order valence-corrected chi connectivity index (χ1v) is 8.12. The Balaban J connectivity index is 2.34. The molecule has 0 fully saturated rings. The highest BCUT2D eigenvalue weighted by molar-refractivity contribution is 5.58. The van der Waals surface area contributed by atoms with Gasteiger partial charge in [-0.15, -0.1) is 0 Å². The standard InChI is InChI=1S/C21H20O5/c1-11-7-17(23)19(25)9-14(11)21(13-5-3-4-6-16(13)22)15-10-20(26)18(24)8-12(15)2/h3-10,21-26H,1-2H3. The van der Waals surface area contributed by atoms with Gasteiger partial charge >= 0.3 is 0 Å². The summed E-state index contributed by atoms with van der Waals surface area (Å²) in [6, 6.07) is 12.6. The number of phenolic OH excluding ortho intramolecular Hbond substituents is 5. The zero-order valence-corrected chi connectivity index (χ0v) is 14.4. The van der Waals surface area contributed by atoms with Gasteiger partial charge in [0.25, 0.3) is 0 Å². The Labute approximate surface area is 151 Å². The number of aromatic hydroxyl groups is 5. The third-order valence-electron chi connectivity index (χ3n) is 4.60. The second-order valence-electron chi connectivity index (χ2n) is 6.39. The van der Waals surface area contributed by atoms with E-state index in [1.165, 1.54) is 24.3 Å². The average molecular weight is 352 g/mol. The molecule has 0 aliphatic carbocycles. The lowest BCUT2D eigenvalue weighted by Crippen LogP contribution is -2.07. The molecule has 0 aliphatic heterocycles. The fourth-order valence-electron chi connectivity index (χ4n) is 3.25. The Kier molecular flexibility index (Phi) is 4.38. The normalized spacial score (nSPS) is 11.0. The van der Waals surface area contributed by atoms with Gasteiger partial charge < -0.3 is 25.5 Å². The number of aryl methyl sites for hydroxylation is 2. The predicted octanol–water partition coefficient (Wildman–Crippen LogP) is 4.01. The van der Waals surface area contributed by atoms with Crippen molar-refractivity contribution in [2.75, 3.05) is 0 Å². The summed E-state index contributed by atoms with van der Waals surface area (Å²) in [4.78, 5) is 0. The zero-order valence-electron chi connectivity index (χ0n) is 14.4. The fourth-order valence-corrected chi connectivity index (χ4v) is 3.25. The Morgan fingerprint density at radius 2 is 0.962 bits per heavy atom. The number of hydrogen-bond donors (Lipinski definition) is 5. The van der Waals surface area contributed by atoms with Crippen LogP contribution in [0, 0.1) is 13.8 Å². The molecule has 0 heterocycles. The maximum absolute atomic E-state index is 10.4. The summed E-state index contributed by atoms with van der Waals surface area (Å²) in [5, 5.41) is 49.9. The molecule has 5 nitrogen and oxygen atoms in total. The number of rotatable bonds is 3. The van der Waals surface area contributed by atoms with Crippen molar-refractivity contribution in [2.24, 2.45) is 0 Å². The molecule has 3 aromatic rings. The summed E-state index contributed by atoms with van der Waals surface area (Å²) < 4.78 is 0. The monoisotopic (exact) mass is 352 g/mol. The molecule has 0 saturated heterocycles. The average Bonchev–Trinajstić information content (AvgIpc) is 2.58. The van der Waals surface area contributed by atoms with Crippen molar-refractivity contribution in [3.63, 3.8) is 0 Å². The summed E-state index contributed by atoms with van der Waals surface area (Å²) in [5.41, 5.74) is 3.32. The molecule has 3 rings (SSSR count). The van der Waals surface area contributed by atoms with Crippen LogP contribution in [0.1, 0.15) is 33.7 Å². The van der Waals surface area contributed by atoms with E-state index in [-0.39, 0.29) is 28.7 Å². The van der Waals surface area contributed by atoms with E-state index in [0.29, 0.717) is 27.8 Å². The Hall–Kier alpha value is -3.34. The van der Waals surface area contributed by atoms with Crippen LogP contribution in [0.2, 0.25) is 0 Å². The minimum atomic E-state index is -0.519. The molecular formula is C21H20O5. The van der Waals surface area contributed by atoms with Crippen LogP contribution in [0.25, 0.3) is 0 Å². The number of benzene rings is 3. The van der Waals surface area contributed by atoms with Gasteiger partial charge in [0.05, 0.1) is 0 Å². The number of para-hydroxylation sites is 1. The smallest absolute Gasteiger partial charge is 0.157 e. The maximum atomic E-state index is 10.4. The molecule has 0 aromatic heterocycles. The van der Waals surface area contributed by atoms with Crippen LogP contribution in [0.15, 0.2) is 48.5 Å². The van der Waals surface area contributed by atoms with E-state index in [1.807, 2.05) is 0 Å². The summed E-state index contributed by atoms with van der Waals surface area (Å²) in [5.74, 6) is -1.45. The molecule has 5 N–H and O–H groups in total. The van der Waals surface area contributed by atoms with Crippen molar-refractivity contribution in [2.45, 2.75) is 19.8 Å². The van der Waals surface area contributed by atoms with Crippen LogP contribution in [-0.2, 0) is 0 Å². The molecule has 0 aliphatic rings. The minimum Gasteiger partial charge on any atom is -0.508 e. The van der Waals surface area contributed by atoms with Crippen molar-refractivity contribution >= 4 is 0 Å². The molecule has 26 heavy (non-hydrogen) atoms. The fraction of sp³-hybridized carbons (Fsp3) is 0.143. The van der Waals surface area contributed by atoms with Crippen LogP contribution < -0.4 is 0 Å².